The van der Waals surface area contributed by atoms with Crippen molar-refractivity contribution in [3.63, 3.8) is 0 Å². The van der Waals surface area contributed by atoms with Gasteiger partial charge in [0, 0.05) is 8.95 Å². The third kappa shape index (κ3) is 5.07. The maximum Gasteiger partial charge on any atom is 0.330 e. The van der Waals surface area contributed by atoms with E-state index in [0.717, 1.165) is 12.4 Å². The second kappa shape index (κ2) is 9.68. The minimum Gasteiger partial charge on any atom is -0.418 e. The second-order valence-electron chi connectivity index (χ2n) is 6.91. The average molecular weight is 606 g/mol. The Morgan fingerprint density at radius 2 is 1.17 bits per heavy atom. The Labute approximate surface area is 211 Å². The van der Waals surface area contributed by atoms with Crippen LogP contribution in [0.5, 0.6) is 11.5 Å². The number of nitro groups is 2. The molecule has 2 aromatic heterocycles. The Balaban J connectivity index is 1.63. The van der Waals surface area contributed by atoms with E-state index in [1.807, 2.05) is 0 Å². The first kappa shape index (κ1) is 24.1. The van der Waals surface area contributed by atoms with Gasteiger partial charge in [-0.3, -0.25) is 29.8 Å². The molecule has 2 aromatic carbocycles. The van der Waals surface area contributed by atoms with Crippen molar-refractivity contribution >= 4 is 77.0 Å². The topological polar surface area (TPSA) is 165 Å². The summed E-state index contributed by atoms with van der Waals surface area (Å²) in [4.78, 5) is 54.3. The zero-order valence-corrected chi connectivity index (χ0v) is 20.3. The van der Waals surface area contributed by atoms with Gasteiger partial charge in [-0.15, -0.1) is 0 Å². The van der Waals surface area contributed by atoms with Crippen LogP contribution in [0.2, 0.25) is 0 Å². The van der Waals surface area contributed by atoms with Crippen LogP contribution in [0.1, 0.15) is 6.42 Å². The highest BCUT2D eigenvalue weighted by Gasteiger charge is 2.27. The highest BCUT2D eigenvalue weighted by molar-refractivity contribution is 9.10. The molecule has 0 saturated heterocycles. The lowest BCUT2D eigenvalue weighted by molar-refractivity contribution is -0.385. The summed E-state index contributed by atoms with van der Waals surface area (Å²) in [6, 6.07) is 9.35. The van der Waals surface area contributed by atoms with E-state index in [4.69, 9.17) is 9.47 Å². The Hall–Kier alpha value is -4.04. The molecule has 0 N–H and O–H groups in total. The first-order chi connectivity index (χ1) is 16.6. The second-order valence-corrected chi connectivity index (χ2v) is 8.74. The molecule has 0 saturated carbocycles. The zero-order valence-electron chi connectivity index (χ0n) is 17.1. The van der Waals surface area contributed by atoms with E-state index in [2.05, 4.69) is 41.8 Å². The Morgan fingerprint density at radius 1 is 0.771 bits per heavy atom. The molecule has 14 heteroatoms. The summed E-state index contributed by atoms with van der Waals surface area (Å²) in [6.07, 6.45) is 0.882. The van der Waals surface area contributed by atoms with Gasteiger partial charge in [-0.1, -0.05) is 31.9 Å². The molecule has 0 fully saturated rings. The van der Waals surface area contributed by atoms with Gasteiger partial charge in [0.2, 0.25) is 11.5 Å². The van der Waals surface area contributed by atoms with Crippen molar-refractivity contribution in [1.29, 1.82) is 0 Å². The SMILES string of the molecule is O=C(CC(=O)Oc1c([N+](=O)[O-])cnc2ccc(Br)cc12)Oc1c([N+](=O)[O-])cnc2ccc(Br)cc12. The van der Waals surface area contributed by atoms with E-state index in [9.17, 15) is 29.8 Å². The number of aromatic nitrogens is 2. The lowest BCUT2D eigenvalue weighted by Gasteiger charge is -2.10. The molecule has 0 radical (unpaired) electrons. The Kier molecular flexibility index (Phi) is 6.66. The van der Waals surface area contributed by atoms with Crippen LogP contribution >= 0.6 is 31.9 Å². The molecule has 0 aliphatic rings. The van der Waals surface area contributed by atoms with Gasteiger partial charge in [0.05, 0.1) is 31.7 Å². The summed E-state index contributed by atoms with van der Waals surface area (Å²) in [7, 11) is 0. The van der Waals surface area contributed by atoms with E-state index in [1.54, 1.807) is 24.3 Å². The Bertz CT molecular complexity index is 1440. The largest absolute Gasteiger partial charge is 0.418 e. The number of nitrogens with zero attached hydrogens (tertiary/aromatic N) is 4. The number of rotatable bonds is 6. The summed E-state index contributed by atoms with van der Waals surface area (Å²) in [5.74, 6) is -3.15. The number of ether oxygens (including phenoxy) is 2. The quantitative estimate of drug-likeness (QED) is 0.126. The van der Waals surface area contributed by atoms with Crippen molar-refractivity contribution in [2.75, 3.05) is 0 Å². The van der Waals surface area contributed by atoms with Gasteiger partial charge >= 0.3 is 23.3 Å². The number of pyridine rings is 2. The van der Waals surface area contributed by atoms with Crippen molar-refractivity contribution in [1.82, 2.24) is 9.97 Å². The standard InChI is InChI=1S/C21H10Br2N4O8/c22-10-1-3-14-12(5-10)20(16(8-24-14)26(30)31)34-18(28)7-19(29)35-21-13-6-11(23)2-4-15(13)25-9-17(21)27(32)33/h1-6,8-9H,7H2. The van der Waals surface area contributed by atoms with Crippen LogP contribution in [-0.2, 0) is 9.59 Å². The molecule has 0 aliphatic heterocycles. The number of benzene rings is 2. The van der Waals surface area contributed by atoms with Gasteiger partial charge in [0.1, 0.15) is 18.8 Å². The van der Waals surface area contributed by atoms with Crippen molar-refractivity contribution in [2.24, 2.45) is 0 Å². The van der Waals surface area contributed by atoms with Crippen LogP contribution in [0, 0.1) is 20.2 Å². The molecule has 2 heterocycles. The summed E-state index contributed by atoms with van der Waals surface area (Å²) in [5, 5.41) is 23.2. The lowest BCUT2D eigenvalue weighted by atomic mass is 10.2. The molecule has 4 rings (SSSR count). The average Bonchev–Trinajstić information content (AvgIpc) is 2.79. The summed E-state index contributed by atoms with van der Waals surface area (Å²) >= 11 is 6.48. The number of esters is 2. The van der Waals surface area contributed by atoms with Crippen LogP contribution in [0.3, 0.4) is 0 Å². The molecule has 0 bridgehead atoms. The molecule has 12 nitrogen and oxygen atoms in total. The highest BCUT2D eigenvalue weighted by atomic mass is 79.9. The number of carbonyl (C=O) groups is 2. The predicted molar refractivity (Wildman–Crippen MR) is 128 cm³/mol. The summed E-state index contributed by atoms with van der Waals surface area (Å²) in [6.45, 7) is 0. The maximum absolute atomic E-state index is 12.5. The summed E-state index contributed by atoms with van der Waals surface area (Å²) < 4.78 is 11.4. The van der Waals surface area contributed by atoms with Crippen LogP contribution in [0.25, 0.3) is 21.8 Å². The van der Waals surface area contributed by atoms with Crippen LogP contribution in [-0.4, -0.2) is 31.8 Å². The molecule has 35 heavy (non-hydrogen) atoms. The maximum atomic E-state index is 12.5. The van der Waals surface area contributed by atoms with Crippen molar-refractivity contribution < 1.29 is 28.9 Å². The van der Waals surface area contributed by atoms with Crippen molar-refractivity contribution in [3.05, 3.63) is 78.0 Å². The normalized spacial score (nSPS) is 10.8. The predicted octanol–water partition coefficient (Wildman–Crippen LogP) is 5.03. The third-order valence-electron chi connectivity index (χ3n) is 4.64. The van der Waals surface area contributed by atoms with Crippen molar-refractivity contribution in [2.45, 2.75) is 6.42 Å². The van der Waals surface area contributed by atoms with Gasteiger partial charge in [-0.25, -0.2) is 9.97 Å². The molecule has 0 spiro atoms. The molecule has 0 aliphatic carbocycles. The van der Waals surface area contributed by atoms with E-state index in [1.165, 1.54) is 12.1 Å². The molecular formula is C21H10Br2N4O8. The number of carbonyl (C=O) groups excluding carboxylic acids is 2. The summed E-state index contributed by atoms with van der Waals surface area (Å²) in [5.41, 5.74) is -0.543. The number of hydrogen-bond donors (Lipinski definition) is 0. The third-order valence-corrected chi connectivity index (χ3v) is 5.62. The zero-order chi connectivity index (χ0) is 25.3. The highest BCUT2D eigenvalue weighted by Crippen LogP contribution is 2.37. The smallest absolute Gasteiger partial charge is 0.330 e. The molecule has 0 amide bonds. The molecule has 176 valence electrons. The van der Waals surface area contributed by atoms with Crippen LogP contribution in [0.4, 0.5) is 11.4 Å². The van der Waals surface area contributed by atoms with Crippen LogP contribution in [0.15, 0.2) is 57.7 Å². The van der Waals surface area contributed by atoms with Gasteiger partial charge < -0.3 is 9.47 Å². The molecule has 0 atom stereocenters. The molecule has 4 aromatic rings. The fourth-order valence-corrected chi connectivity index (χ4v) is 3.87. The van der Waals surface area contributed by atoms with E-state index in [0.29, 0.717) is 20.0 Å². The monoisotopic (exact) mass is 604 g/mol. The first-order valence-electron chi connectivity index (χ1n) is 9.50. The number of hydrogen-bond acceptors (Lipinski definition) is 10. The van der Waals surface area contributed by atoms with E-state index >= 15 is 0 Å². The van der Waals surface area contributed by atoms with Crippen LogP contribution < -0.4 is 9.47 Å². The minimum atomic E-state index is -1.17. The lowest BCUT2D eigenvalue weighted by Crippen LogP contribution is -2.19. The van der Waals surface area contributed by atoms with E-state index < -0.39 is 51.1 Å². The number of halogens is 2. The minimum absolute atomic E-state index is 0.163. The first-order valence-corrected chi connectivity index (χ1v) is 11.1. The van der Waals surface area contributed by atoms with Crippen molar-refractivity contribution in [3.8, 4) is 11.5 Å². The van der Waals surface area contributed by atoms with Gasteiger partial charge in [0.15, 0.2) is 0 Å². The fourth-order valence-electron chi connectivity index (χ4n) is 3.15. The fraction of sp³-hybridized carbons (Fsp3) is 0.0476. The van der Waals surface area contributed by atoms with Gasteiger partial charge in [-0.05, 0) is 36.4 Å². The van der Waals surface area contributed by atoms with Gasteiger partial charge in [0.25, 0.3) is 0 Å². The Morgan fingerprint density at radius 3 is 1.54 bits per heavy atom. The number of fused-ring (bicyclic) bond motifs is 2. The van der Waals surface area contributed by atoms with Gasteiger partial charge in [-0.2, -0.15) is 0 Å². The van der Waals surface area contributed by atoms with E-state index in [-0.39, 0.29) is 10.8 Å². The molecular weight excluding hydrogens is 596 g/mol. The molecule has 0 unspecified atom stereocenters.